The molecule has 3 aromatic rings. The van der Waals surface area contributed by atoms with Crippen LogP contribution in [0.15, 0.2) is 42.7 Å². The smallest absolute Gasteiger partial charge is 0.225 e. The van der Waals surface area contributed by atoms with E-state index in [4.69, 9.17) is 4.98 Å². The van der Waals surface area contributed by atoms with Crippen LogP contribution in [0.2, 0.25) is 0 Å². The molecule has 3 heterocycles. The van der Waals surface area contributed by atoms with E-state index in [1.165, 1.54) is 0 Å². The van der Waals surface area contributed by atoms with Crippen LogP contribution in [0.4, 0.5) is 5.95 Å². The fourth-order valence-corrected chi connectivity index (χ4v) is 2.97. The fraction of sp³-hybridized carbons (Fsp3) is 0.312. The SMILES string of the molecule is c1cnc(N2CCC(c3nc4ccccc4[nH]3)CC2)nc1. The molecule has 0 atom stereocenters. The molecule has 5 nitrogen and oxygen atoms in total. The number of nitrogens with zero attached hydrogens (tertiary/aromatic N) is 4. The molecule has 1 saturated heterocycles. The molecule has 0 aliphatic carbocycles. The van der Waals surface area contributed by atoms with Crippen molar-refractivity contribution in [1.82, 2.24) is 19.9 Å². The normalized spacial score (nSPS) is 16.5. The molecule has 0 bridgehead atoms. The molecule has 0 saturated carbocycles. The highest BCUT2D eigenvalue weighted by Crippen LogP contribution is 2.28. The molecule has 21 heavy (non-hydrogen) atoms. The number of hydrogen-bond donors (Lipinski definition) is 1. The lowest BCUT2D eigenvalue weighted by molar-refractivity contribution is 0.484. The second kappa shape index (κ2) is 5.16. The Labute approximate surface area is 123 Å². The Morgan fingerprint density at radius 3 is 2.52 bits per heavy atom. The van der Waals surface area contributed by atoms with E-state index in [9.17, 15) is 0 Å². The molecular weight excluding hydrogens is 262 g/mol. The van der Waals surface area contributed by atoms with E-state index in [0.29, 0.717) is 5.92 Å². The monoisotopic (exact) mass is 279 g/mol. The fourth-order valence-electron chi connectivity index (χ4n) is 2.97. The maximum absolute atomic E-state index is 4.73. The van der Waals surface area contributed by atoms with Crippen LogP contribution in [0.5, 0.6) is 0 Å². The molecule has 1 aliphatic heterocycles. The zero-order valence-corrected chi connectivity index (χ0v) is 11.7. The van der Waals surface area contributed by atoms with Crippen molar-refractivity contribution in [2.24, 2.45) is 0 Å². The minimum absolute atomic E-state index is 0.498. The third kappa shape index (κ3) is 2.35. The zero-order chi connectivity index (χ0) is 14.1. The summed E-state index contributed by atoms with van der Waals surface area (Å²) in [6, 6.07) is 10.1. The minimum Gasteiger partial charge on any atom is -0.342 e. The van der Waals surface area contributed by atoms with Gasteiger partial charge in [0.05, 0.1) is 11.0 Å². The number of aromatic amines is 1. The van der Waals surface area contributed by atoms with Gasteiger partial charge in [-0.1, -0.05) is 12.1 Å². The number of para-hydroxylation sites is 2. The first kappa shape index (κ1) is 12.3. The van der Waals surface area contributed by atoms with E-state index in [-0.39, 0.29) is 0 Å². The van der Waals surface area contributed by atoms with Gasteiger partial charge in [0.2, 0.25) is 5.95 Å². The van der Waals surface area contributed by atoms with Crippen LogP contribution < -0.4 is 4.90 Å². The molecule has 0 unspecified atom stereocenters. The number of benzene rings is 1. The summed E-state index contributed by atoms with van der Waals surface area (Å²) in [4.78, 5) is 19.1. The molecule has 106 valence electrons. The predicted molar refractivity (Wildman–Crippen MR) is 82.3 cm³/mol. The van der Waals surface area contributed by atoms with Gasteiger partial charge in [0.15, 0.2) is 0 Å². The quantitative estimate of drug-likeness (QED) is 0.783. The molecule has 2 aromatic heterocycles. The summed E-state index contributed by atoms with van der Waals surface area (Å²) in [5, 5.41) is 0. The van der Waals surface area contributed by atoms with Gasteiger partial charge in [-0.3, -0.25) is 0 Å². The van der Waals surface area contributed by atoms with Crippen molar-refractivity contribution in [2.45, 2.75) is 18.8 Å². The number of rotatable bonds is 2. The Morgan fingerprint density at radius 1 is 1.00 bits per heavy atom. The third-order valence-corrected chi connectivity index (χ3v) is 4.12. The zero-order valence-electron chi connectivity index (χ0n) is 11.7. The molecule has 1 aromatic carbocycles. The van der Waals surface area contributed by atoms with Crippen molar-refractivity contribution in [3.8, 4) is 0 Å². The van der Waals surface area contributed by atoms with Gasteiger partial charge in [-0.2, -0.15) is 0 Å². The molecule has 4 rings (SSSR count). The standard InChI is InChI=1S/C16H17N5/c1-2-5-14-13(4-1)19-15(20-14)12-6-10-21(11-7-12)16-17-8-3-9-18-16/h1-5,8-9,12H,6-7,10-11H2,(H,19,20). The van der Waals surface area contributed by atoms with Gasteiger partial charge in [-0.05, 0) is 31.0 Å². The van der Waals surface area contributed by atoms with Crippen LogP contribution in [-0.4, -0.2) is 33.0 Å². The van der Waals surface area contributed by atoms with E-state index >= 15 is 0 Å². The minimum atomic E-state index is 0.498. The summed E-state index contributed by atoms with van der Waals surface area (Å²) in [5.74, 6) is 2.45. The molecular formula is C16H17N5. The first-order valence-electron chi connectivity index (χ1n) is 7.37. The number of anilines is 1. The highest BCUT2D eigenvalue weighted by atomic mass is 15.2. The average molecular weight is 279 g/mol. The topological polar surface area (TPSA) is 57.7 Å². The van der Waals surface area contributed by atoms with Gasteiger partial charge in [-0.25, -0.2) is 15.0 Å². The Bertz CT molecular complexity index is 696. The third-order valence-electron chi connectivity index (χ3n) is 4.12. The van der Waals surface area contributed by atoms with E-state index in [0.717, 1.165) is 48.7 Å². The lowest BCUT2D eigenvalue weighted by atomic mass is 9.96. The van der Waals surface area contributed by atoms with Gasteiger partial charge in [-0.15, -0.1) is 0 Å². The number of H-pyrrole nitrogens is 1. The summed E-state index contributed by atoms with van der Waals surface area (Å²) in [6.45, 7) is 1.96. The second-order valence-electron chi connectivity index (χ2n) is 5.45. The van der Waals surface area contributed by atoms with Crippen molar-refractivity contribution in [2.75, 3.05) is 18.0 Å². The molecule has 0 radical (unpaired) electrons. The van der Waals surface area contributed by atoms with Crippen LogP contribution >= 0.6 is 0 Å². The number of nitrogens with one attached hydrogen (secondary N) is 1. The lowest BCUT2D eigenvalue weighted by Crippen LogP contribution is -2.34. The Balaban J connectivity index is 1.50. The van der Waals surface area contributed by atoms with E-state index in [1.807, 2.05) is 18.2 Å². The summed E-state index contributed by atoms with van der Waals surface area (Å²) in [7, 11) is 0. The maximum atomic E-state index is 4.73. The van der Waals surface area contributed by atoms with Crippen LogP contribution in [0.25, 0.3) is 11.0 Å². The first-order valence-corrected chi connectivity index (χ1v) is 7.37. The predicted octanol–water partition coefficient (Wildman–Crippen LogP) is 2.74. The highest BCUT2D eigenvalue weighted by Gasteiger charge is 2.24. The summed E-state index contributed by atoms with van der Waals surface area (Å²) in [6.07, 6.45) is 5.76. The van der Waals surface area contributed by atoms with Crippen LogP contribution in [0.1, 0.15) is 24.6 Å². The molecule has 0 amide bonds. The number of imidazole rings is 1. The second-order valence-corrected chi connectivity index (χ2v) is 5.45. The van der Waals surface area contributed by atoms with Crippen molar-refractivity contribution in [3.05, 3.63) is 48.5 Å². The number of aromatic nitrogens is 4. The maximum Gasteiger partial charge on any atom is 0.225 e. The number of piperidine rings is 1. The molecule has 1 fully saturated rings. The van der Waals surface area contributed by atoms with E-state index < -0.39 is 0 Å². The summed E-state index contributed by atoms with van der Waals surface area (Å²) < 4.78 is 0. The van der Waals surface area contributed by atoms with E-state index in [1.54, 1.807) is 12.4 Å². The Morgan fingerprint density at radius 2 is 1.76 bits per heavy atom. The van der Waals surface area contributed by atoms with Crippen molar-refractivity contribution >= 4 is 17.0 Å². The average Bonchev–Trinajstić information content (AvgIpc) is 3.00. The molecule has 1 aliphatic rings. The largest absolute Gasteiger partial charge is 0.342 e. The van der Waals surface area contributed by atoms with Crippen molar-refractivity contribution in [1.29, 1.82) is 0 Å². The molecule has 1 N–H and O–H groups in total. The Hall–Kier alpha value is -2.43. The lowest BCUT2D eigenvalue weighted by Gasteiger charge is -2.30. The number of fused-ring (bicyclic) bond motifs is 1. The van der Waals surface area contributed by atoms with Crippen LogP contribution in [-0.2, 0) is 0 Å². The van der Waals surface area contributed by atoms with Crippen molar-refractivity contribution < 1.29 is 0 Å². The Kier molecular flexibility index (Phi) is 3.03. The number of hydrogen-bond acceptors (Lipinski definition) is 4. The van der Waals surface area contributed by atoms with Gasteiger partial charge in [0, 0.05) is 31.4 Å². The first-order chi connectivity index (χ1) is 10.4. The van der Waals surface area contributed by atoms with Crippen molar-refractivity contribution in [3.63, 3.8) is 0 Å². The summed E-state index contributed by atoms with van der Waals surface area (Å²) >= 11 is 0. The van der Waals surface area contributed by atoms with Gasteiger partial charge in [0.25, 0.3) is 0 Å². The van der Waals surface area contributed by atoms with E-state index in [2.05, 4.69) is 32.0 Å². The summed E-state index contributed by atoms with van der Waals surface area (Å²) in [5.41, 5.74) is 2.18. The highest BCUT2D eigenvalue weighted by molar-refractivity contribution is 5.74. The van der Waals surface area contributed by atoms with Crippen LogP contribution in [0.3, 0.4) is 0 Å². The van der Waals surface area contributed by atoms with Crippen LogP contribution in [0, 0.1) is 0 Å². The van der Waals surface area contributed by atoms with Gasteiger partial charge >= 0.3 is 0 Å². The molecule has 5 heteroatoms. The van der Waals surface area contributed by atoms with Gasteiger partial charge in [0.1, 0.15) is 5.82 Å². The molecule has 0 spiro atoms. The van der Waals surface area contributed by atoms with Gasteiger partial charge < -0.3 is 9.88 Å².